The van der Waals surface area contributed by atoms with E-state index in [0.29, 0.717) is 31.0 Å². The van der Waals surface area contributed by atoms with E-state index in [1.807, 2.05) is 18.2 Å². The maximum Gasteiger partial charge on any atom is 0.310 e. The Labute approximate surface area is 352 Å². The molecule has 324 valence electrons. The SMILES string of the molecule is C=CC1[C@@H]2[C@H](/C=C/CC(=O)OCCCCCCCCCCCCC)[C@@H](C(=O)OCCCCCCCCCCCCCCCC)[C@@H](/C=C/C=C/C=C/C=C/CCC)[C@H]12. The van der Waals surface area contributed by atoms with Crippen molar-refractivity contribution in [3.8, 4) is 0 Å². The lowest BCUT2D eigenvalue weighted by Gasteiger charge is -2.25. The summed E-state index contributed by atoms with van der Waals surface area (Å²) in [6.07, 6.45) is 57.7. The minimum Gasteiger partial charge on any atom is -0.465 e. The molecule has 2 fully saturated rings. The number of unbranched alkanes of at least 4 members (excludes halogenated alkanes) is 24. The Balaban J connectivity index is 1.81. The zero-order valence-corrected chi connectivity index (χ0v) is 37.4. The Morgan fingerprint density at radius 2 is 0.877 bits per heavy atom. The van der Waals surface area contributed by atoms with Gasteiger partial charge in [0.1, 0.15) is 0 Å². The highest BCUT2D eigenvalue weighted by Crippen LogP contribution is 2.67. The molecule has 2 rings (SSSR count). The molecule has 1 unspecified atom stereocenters. The van der Waals surface area contributed by atoms with E-state index in [2.05, 4.69) is 76.0 Å². The topological polar surface area (TPSA) is 52.6 Å². The molecule has 0 saturated heterocycles. The molecule has 0 amide bonds. The minimum absolute atomic E-state index is 0.0310. The second-order valence-corrected chi connectivity index (χ2v) is 17.2. The number of carbonyl (C=O) groups is 2. The van der Waals surface area contributed by atoms with Gasteiger partial charge in [-0.25, -0.2) is 0 Å². The van der Waals surface area contributed by atoms with Gasteiger partial charge in [-0.3, -0.25) is 9.59 Å². The Bertz CT molecular complexity index is 1160. The summed E-state index contributed by atoms with van der Waals surface area (Å²) >= 11 is 0. The van der Waals surface area contributed by atoms with Crippen molar-refractivity contribution in [2.24, 2.45) is 35.5 Å². The predicted molar refractivity (Wildman–Crippen MR) is 245 cm³/mol. The van der Waals surface area contributed by atoms with Gasteiger partial charge in [-0.2, -0.15) is 0 Å². The van der Waals surface area contributed by atoms with Gasteiger partial charge in [0, 0.05) is 0 Å². The highest BCUT2D eigenvalue weighted by Gasteiger charge is 2.66. The van der Waals surface area contributed by atoms with Gasteiger partial charge in [-0.15, -0.1) is 6.58 Å². The number of rotatable bonds is 38. The van der Waals surface area contributed by atoms with Gasteiger partial charge in [-0.05, 0) is 48.9 Å². The number of ether oxygens (including phenoxy) is 2. The third-order valence-corrected chi connectivity index (χ3v) is 12.3. The minimum atomic E-state index is -0.247. The first kappa shape index (κ1) is 50.5. The third kappa shape index (κ3) is 23.5. The summed E-state index contributed by atoms with van der Waals surface area (Å²) in [6.45, 7) is 11.9. The molecule has 57 heavy (non-hydrogen) atoms. The van der Waals surface area contributed by atoms with Crippen LogP contribution in [0.2, 0.25) is 0 Å². The van der Waals surface area contributed by atoms with Crippen molar-refractivity contribution in [2.75, 3.05) is 13.2 Å². The van der Waals surface area contributed by atoms with Crippen LogP contribution in [-0.4, -0.2) is 25.2 Å². The Kier molecular flexibility index (Phi) is 31.3. The largest absolute Gasteiger partial charge is 0.465 e. The van der Waals surface area contributed by atoms with Crippen LogP contribution in [0.15, 0.2) is 73.4 Å². The molecule has 4 nitrogen and oxygen atoms in total. The van der Waals surface area contributed by atoms with E-state index in [1.165, 1.54) is 135 Å². The van der Waals surface area contributed by atoms with Crippen LogP contribution in [0.5, 0.6) is 0 Å². The van der Waals surface area contributed by atoms with Gasteiger partial charge >= 0.3 is 11.9 Å². The van der Waals surface area contributed by atoms with Crippen LogP contribution in [0.1, 0.15) is 201 Å². The van der Waals surface area contributed by atoms with Crippen molar-refractivity contribution >= 4 is 11.9 Å². The summed E-state index contributed by atoms with van der Waals surface area (Å²) < 4.78 is 11.6. The molecule has 0 aromatic rings. The summed E-state index contributed by atoms with van der Waals surface area (Å²) in [6, 6.07) is 0. The summed E-state index contributed by atoms with van der Waals surface area (Å²) in [7, 11) is 0. The molecular formula is C53H88O4. The Hall–Kier alpha value is -2.62. The fourth-order valence-corrected chi connectivity index (χ4v) is 8.96. The number of carbonyl (C=O) groups excluding carboxylic acids is 2. The molecule has 6 atom stereocenters. The van der Waals surface area contributed by atoms with E-state index in [1.54, 1.807) is 0 Å². The second-order valence-electron chi connectivity index (χ2n) is 17.2. The van der Waals surface area contributed by atoms with Crippen LogP contribution in [0.4, 0.5) is 0 Å². The molecule has 4 heteroatoms. The Morgan fingerprint density at radius 3 is 1.35 bits per heavy atom. The molecule has 0 N–H and O–H groups in total. The number of fused-ring (bicyclic) bond motifs is 1. The highest BCUT2D eigenvalue weighted by molar-refractivity contribution is 5.75. The molecule has 0 aromatic heterocycles. The summed E-state index contributed by atoms with van der Waals surface area (Å²) in [4.78, 5) is 26.5. The van der Waals surface area contributed by atoms with E-state index in [4.69, 9.17) is 9.47 Å². The molecule has 0 heterocycles. The van der Waals surface area contributed by atoms with Gasteiger partial charge < -0.3 is 9.47 Å². The second kappa shape index (κ2) is 35.3. The highest BCUT2D eigenvalue weighted by atomic mass is 16.5. The van der Waals surface area contributed by atoms with E-state index in [9.17, 15) is 9.59 Å². The van der Waals surface area contributed by atoms with Crippen LogP contribution in [0.3, 0.4) is 0 Å². The van der Waals surface area contributed by atoms with Crippen molar-refractivity contribution < 1.29 is 19.1 Å². The molecule has 0 aliphatic heterocycles. The average Bonchev–Trinajstić information content (AvgIpc) is 3.85. The maximum absolute atomic E-state index is 13.8. The van der Waals surface area contributed by atoms with E-state index >= 15 is 0 Å². The van der Waals surface area contributed by atoms with Crippen molar-refractivity contribution in [3.63, 3.8) is 0 Å². The van der Waals surface area contributed by atoms with Gasteiger partial charge in [-0.1, -0.05) is 242 Å². The first-order valence-corrected chi connectivity index (χ1v) is 24.4. The van der Waals surface area contributed by atoms with E-state index < -0.39 is 0 Å². The zero-order valence-electron chi connectivity index (χ0n) is 37.4. The van der Waals surface area contributed by atoms with Gasteiger partial charge in [0.15, 0.2) is 0 Å². The van der Waals surface area contributed by atoms with Crippen molar-refractivity contribution in [2.45, 2.75) is 201 Å². The first-order chi connectivity index (χ1) is 28.1. The van der Waals surface area contributed by atoms with Crippen LogP contribution in [-0.2, 0) is 19.1 Å². The number of hydrogen-bond donors (Lipinski definition) is 0. The van der Waals surface area contributed by atoms with Crippen molar-refractivity contribution in [1.29, 1.82) is 0 Å². The molecule has 0 aromatic carbocycles. The fourth-order valence-electron chi connectivity index (χ4n) is 8.96. The lowest BCUT2D eigenvalue weighted by atomic mass is 9.81. The maximum atomic E-state index is 13.8. The van der Waals surface area contributed by atoms with Crippen LogP contribution in [0.25, 0.3) is 0 Å². The third-order valence-electron chi connectivity index (χ3n) is 12.3. The standard InChI is InChI=1S/C53H88O4/c1-5-9-12-15-18-21-23-24-25-27-30-33-36-39-45-57-53(55)52-47(41-37-34-31-28-20-17-14-11-7-3)50-46(8-4)51(50)48(52)42-40-43-49(54)56-44-38-35-32-29-26-22-19-16-13-10-6-2/h8,14,17,20,28,31,34,37,40-42,46-48,50-52H,4-7,9-13,15-16,18-19,21-27,29-30,32-33,35-36,38-39,43-45H2,1-3H3/b17-14+,28-20+,34-31+,41-37+,42-40+/t46?,47-,48-,50-,51+,52-/m0/s1. The predicted octanol–water partition coefficient (Wildman–Crippen LogP) is 15.7. The molecular weight excluding hydrogens is 701 g/mol. The Morgan fingerprint density at radius 1 is 0.456 bits per heavy atom. The van der Waals surface area contributed by atoms with Gasteiger partial charge in [0.2, 0.25) is 0 Å². The summed E-state index contributed by atoms with van der Waals surface area (Å²) in [5.74, 6) is 0.709. The van der Waals surface area contributed by atoms with E-state index in [-0.39, 0.29) is 36.1 Å². The summed E-state index contributed by atoms with van der Waals surface area (Å²) in [5, 5.41) is 0. The van der Waals surface area contributed by atoms with E-state index in [0.717, 1.165) is 38.5 Å². The normalized spacial score (nSPS) is 21.8. The smallest absolute Gasteiger partial charge is 0.310 e. The molecule has 2 saturated carbocycles. The number of esters is 2. The van der Waals surface area contributed by atoms with Crippen molar-refractivity contribution in [3.05, 3.63) is 73.4 Å². The molecule has 0 radical (unpaired) electrons. The van der Waals surface area contributed by atoms with Gasteiger partial charge in [0.25, 0.3) is 0 Å². The van der Waals surface area contributed by atoms with Crippen LogP contribution >= 0.6 is 0 Å². The molecule has 0 bridgehead atoms. The quantitative estimate of drug-likeness (QED) is 0.0271. The monoisotopic (exact) mass is 789 g/mol. The zero-order chi connectivity index (χ0) is 41.0. The van der Waals surface area contributed by atoms with Gasteiger partial charge in [0.05, 0.1) is 25.6 Å². The average molecular weight is 789 g/mol. The first-order valence-electron chi connectivity index (χ1n) is 24.4. The fraction of sp³-hybridized carbons (Fsp3) is 0.736. The van der Waals surface area contributed by atoms with Crippen molar-refractivity contribution in [1.82, 2.24) is 0 Å². The number of allylic oxidation sites excluding steroid dienone is 10. The molecule has 2 aliphatic carbocycles. The molecule has 0 spiro atoms. The van der Waals surface area contributed by atoms with Crippen LogP contribution in [0, 0.1) is 35.5 Å². The summed E-state index contributed by atoms with van der Waals surface area (Å²) in [5.41, 5.74) is 0. The number of hydrogen-bond acceptors (Lipinski definition) is 4. The lowest BCUT2D eigenvalue weighted by Crippen LogP contribution is -2.30. The van der Waals surface area contributed by atoms with Crippen LogP contribution < -0.4 is 0 Å². The lowest BCUT2D eigenvalue weighted by molar-refractivity contribution is -0.151. The molecule has 2 aliphatic rings.